The lowest BCUT2D eigenvalue weighted by Gasteiger charge is -2.20. The first kappa shape index (κ1) is 22.8. The first-order valence-electron chi connectivity index (χ1n) is 9.55. The number of esters is 1. The van der Waals surface area contributed by atoms with Crippen molar-refractivity contribution in [1.29, 1.82) is 0 Å². The summed E-state index contributed by atoms with van der Waals surface area (Å²) >= 11 is 5.93. The zero-order chi connectivity index (χ0) is 22.6. The number of hydrogen-bond acceptors (Lipinski definition) is 6. The molecule has 1 amide bonds. The highest BCUT2D eigenvalue weighted by Crippen LogP contribution is 2.29. The molecule has 0 aromatic heterocycles. The maximum Gasteiger partial charge on any atom is 0.335 e. The van der Waals surface area contributed by atoms with Crippen molar-refractivity contribution < 1.29 is 22.7 Å². The third-order valence-electron chi connectivity index (χ3n) is 4.76. The van der Waals surface area contributed by atoms with Gasteiger partial charge >= 0.3 is 5.97 Å². The molecule has 1 aliphatic rings. The Hall–Kier alpha value is -2.88. The SMILES string of the molecule is CCOC(=O)C1=C(NC(=O)c2ccc(S(N)(=O)=O)cc2)C(Nc2ccc(Cl)cc2)CC1. The molecule has 3 rings (SSSR count). The van der Waals surface area contributed by atoms with Gasteiger partial charge in [0.15, 0.2) is 0 Å². The van der Waals surface area contributed by atoms with Crippen LogP contribution in [-0.4, -0.2) is 32.9 Å². The molecule has 164 valence electrons. The van der Waals surface area contributed by atoms with Crippen molar-refractivity contribution in [2.75, 3.05) is 11.9 Å². The Balaban J connectivity index is 1.85. The number of benzene rings is 2. The van der Waals surface area contributed by atoms with Crippen LogP contribution in [0.1, 0.15) is 30.1 Å². The van der Waals surface area contributed by atoms with Gasteiger partial charge in [0.05, 0.1) is 28.8 Å². The van der Waals surface area contributed by atoms with Crippen LogP contribution in [0.5, 0.6) is 0 Å². The maximum absolute atomic E-state index is 12.8. The summed E-state index contributed by atoms with van der Waals surface area (Å²) in [5.41, 5.74) is 1.82. The molecule has 2 aromatic carbocycles. The highest BCUT2D eigenvalue weighted by molar-refractivity contribution is 7.89. The minimum atomic E-state index is -3.86. The van der Waals surface area contributed by atoms with Gasteiger partial charge in [-0.3, -0.25) is 4.79 Å². The van der Waals surface area contributed by atoms with Gasteiger partial charge in [0.2, 0.25) is 10.0 Å². The molecule has 0 aliphatic heterocycles. The van der Waals surface area contributed by atoms with Crippen LogP contribution in [0.3, 0.4) is 0 Å². The van der Waals surface area contributed by atoms with Crippen LogP contribution in [-0.2, 0) is 19.6 Å². The number of anilines is 1. The van der Waals surface area contributed by atoms with E-state index < -0.39 is 21.9 Å². The molecule has 0 bridgehead atoms. The van der Waals surface area contributed by atoms with Crippen molar-refractivity contribution in [3.8, 4) is 0 Å². The van der Waals surface area contributed by atoms with Gasteiger partial charge in [-0.1, -0.05) is 11.6 Å². The summed E-state index contributed by atoms with van der Waals surface area (Å²) in [5.74, 6) is -0.967. The number of hydrogen-bond donors (Lipinski definition) is 3. The van der Waals surface area contributed by atoms with Crippen molar-refractivity contribution in [3.63, 3.8) is 0 Å². The molecule has 1 aliphatic carbocycles. The first-order chi connectivity index (χ1) is 14.7. The van der Waals surface area contributed by atoms with E-state index in [4.69, 9.17) is 21.5 Å². The van der Waals surface area contributed by atoms with Gasteiger partial charge in [-0.2, -0.15) is 0 Å². The first-order valence-corrected chi connectivity index (χ1v) is 11.5. The molecule has 0 spiro atoms. The standard InChI is InChI=1S/C21H22ClN3O5S/c1-2-30-21(27)17-11-12-18(24-15-7-5-14(22)6-8-15)19(17)25-20(26)13-3-9-16(10-4-13)31(23,28)29/h3-10,18,24H,2,11-12H2,1H3,(H,25,26)(H2,23,28,29). The van der Waals surface area contributed by atoms with E-state index in [9.17, 15) is 18.0 Å². The fraction of sp³-hybridized carbons (Fsp3) is 0.238. The predicted molar refractivity (Wildman–Crippen MR) is 117 cm³/mol. The van der Waals surface area contributed by atoms with Crippen LogP contribution in [0.4, 0.5) is 5.69 Å². The smallest absolute Gasteiger partial charge is 0.335 e. The van der Waals surface area contributed by atoms with Crippen molar-refractivity contribution in [2.45, 2.75) is 30.7 Å². The van der Waals surface area contributed by atoms with E-state index in [-0.39, 0.29) is 23.1 Å². The molecule has 1 unspecified atom stereocenters. The predicted octanol–water partition coefficient (Wildman–Crippen LogP) is 2.81. The number of sulfonamides is 1. The van der Waals surface area contributed by atoms with Gasteiger partial charge < -0.3 is 15.4 Å². The molecule has 1 atom stereocenters. The van der Waals surface area contributed by atoms with E-state index in [0.717, 1.165) is 5.69 Å². The highest BCUT2D eigenvalue weighted by atomic mass is 35.5. The summed E-state index contributed by atoms with van der Waals surface area (Å²) in [6.07, 6.45) is 1.01. The van der Waals surface area contributed by atoms with E-state index in [1.54, 1.807) is 31.2 Å². The molecular formula is C21H22ClN3O5S. The quantitative estimate of drug-likeness (QED) is 0.542. The van der Waals surface area contributed by atoms with Gasteiger partial charge in [0.1, 0.15) is 0 Å². The molecule has 8 nitrogen and oxygen atoms in total. The summed E-state index contributed by atoms with van der Waals surface area (Å²) in [6, 6.07) is 12.0. The van der Waals surface area contributed by atoms with Crippen molar-refractivity contribution in [1.82, 2.24) is 5.32 Å². The second-order valence-corrected chi connectivity index (χ2v) is 8.88. The Labute approximate surface area is 185 Å². The van der Waals surface area contributed by atoms with Crippen molar-refractivity contribution >= 4 is 39.2 Å². The van der Waals surface area contributed by atoms with Crippen LogP contribution in [0.15, 0.2) is 64.7 Å². The molecule has 0 fully saturated rings. The Morgan fingerprint density at radius 1 is 1.13 bits per heavy atom. The van der Waals surface area contributed by atoms with E-state index in [2.05, 4.69) is 10.6 Å². The molecule has 0 radical (unpaired) electrons. The van der Waals surface area contributed by atoms with E-state index in [1.807, 2.05) is 0 Å². The Morgan fingerprint density at radius 2 is 1.77 bits per heavy atom. The Bertz CT molecular complexity index is 1110. The van der Waals surface area contributed by atoms with Crippen LogP contribution in [0.2, 0.25) is 5.02 Å². The highest BCUT2D eigenvalue weighted by Gasteiger charge is 2.31. The lowest BCUT2D eigenvalue weighted by molar-refractivity contribution is -0.138. The summed E-state index contributed by atoms with van der Waals surface area (Å²) in [6.45, 7) is 1.93. The number of rotatable bonds is 7. The largest absolute Gasteiger partial charge is 0.463 e. The van der Waals surface area contributed by atoms with Gasteiger partial charge in [-0.05, 0) is 68.3 Å². The fourth-order valence-electron chi connectivity index (χ4n) is 3.25. The minimum absolute atomic E-state index is 0.0985. The summed E-state index contributed by atoms with van der Waals surface area (Å²) < 4.78 is 28.0. The molecule has 0 heterocycles. The van der Waals surface area contributed by atoms with Gasteiger partial charge in [-0.15, -0.1) is 0 Å². The molecule has 0 saturated heterocycles. The van der Waals surface area contributed by atoms with E-state index in [1.165, 1.54) is 24.3 Å². The average Bonchev–Trinajstić information content (AvgIpc) is 3.11. The monoisotopic (exact) mass is 463 g/mol. The van der Waals surface area contributed by atoms with Crippen LogP contribution < -0.4 is 15.8 Å². The number of nitrogens with one attached hydrogen (secondary N) is 2. The third kappa shape index (κ3) is 5.63. The number of halogens is 1. The number of amides is 1. The third-order valence-corrected chi connectivity index (χ3v) is 5.94. The second kappa shape index (κ2) is 9.51. The number of ether oxygens (including phenoxy) is 1. The fourth-order valence-corrected chi connectivity index (χ4v) is 3.89. The normalized spacial score (nSPS) is 16.2. The molecule has 31 heavy (non-hydrogen) atoms. The van der Waals surface area contributed by atoms with Crippen molar-refractivity contribution in [3.05, 3.63) is 70.4 Å². The number of carbonyl (C=O) groups excluding carboxylic acids is 2. The Kier molecular flexibility index (Phi) is 6.99. The zero-order valence-electron chi connectivity index (χ0n) is 16.7. The lowest BCUT2D eigenvalue weighted by atomic mass is 10.1. The second-order valence-electron chi connectivity index (χ2n) is 6.88. The van der Waals surface area contributed by atoms with E-state index >= 15 is 0 Å². The lowest BCUT2D eigenvalue weighted by Crippen LogP contribution is -2.33. The summed E-state index contributed by atoms with van der Waals surface area (Å²) in [5, 5.41) is 11.8. The van der Waals surface area contributed by atoms with Gasteiger partial charge in [-0.25, -0.2) is 18.4 Å². The number of carbonyl (C=O) groups is 2. The minimum Gasteiger partial charge on any atom is -0.463 e. The van der Waals surface area contributed by atoms with Crippen LogP contribution in [0.25, 0.3) is 0 Å². The molecule has 2 aromatic rings. The molecule has 4 N–H and O–H groups in total. The van der Waals surface area contributed by atoms with Gasteiger partial charge in [0, 0.05) is 16.3 Å². The molecule has 0 saturated carbocycles. The van der Waals surface area contributed by atoms with Gasteiger partial charge in [0.25, 0.3) is 5.91 Å². The summed E-state index contributed by atoms with van der Waals surface area (Å²) in [4.78, 5) is 25.1. The Morgan fingerprint density at radius 3 is 2.35 bits per heavy atom. The van der Waals surface area contributed by atoms with Crippen LogP contribution in [0, 0.1) is 0 Å². The maximum atomic E-state index is 12.8. The molecule has 10 heteroatoms. The number of primary sulfonamides is 1. The summed E-state index contributed by atoms with van der Waals surface area (Å²) in [7, 11) is -3.86. The number of nitrogens with two attached hydrogens (primary N) is 1. The van der Waals surface area contributed by atoms with Crippen molar-refractivity contribution in [2.24, 2.45) is 5.14 Å². The average molecular weight is 464 g/mol. The molecular weight excluding hydrogens is 442 g/mol. The zero-order valence-corrected chi connectivity index (χ0v) is 18.3. The van der Waals surface area contributed by atoms with Crippen LogP contribution >= 0.6 is 11.6 Å². The van der Waals surface area contributed by atoms with E-state index in [0.29, 0.717) is 29.1 Å². The topological polar surface area (TPSA) is 128 Å².